The predicted octanol–water partition coefficient (Wildman–Crippen LogP) is 16.8. The van der Waals surface area contributed by atoms with E-state index in [9.17, 15) is 0 Å². The fourth-order valence-corrected chi connectivity index (χ4v) is 9.63. The van der Waals surface area contributed by atoms with Crippen molar-refractivity contribution in [2.75, 3.05) is 9.80 Å². The molecule has 0 aliphatic carbocycles. The Kier molecular flexibility index (Phi) is 8.83. The first kappa shape index (κ1) is 36.5. The molecule has 11 aromatic carbocycles. The molecule has 0 aliphatic rings. The zero-order valence-corrected chi connectivity index (χ0v) is 34.5. The maximum atomic E-state index is 2.44. The molecule has 0 aliphatic heterocycles. The molecule has 63 heavy (non-hydrogen) atoms. The van der Waals surface area contributed by atoms with E-state index in [1.54, 1.807) is 0 Å². The summed E-state index contributed by atoms with van der Waals surface area (Å²) < 4.78 is 2.38. The van der Waals surface area contributed by atoms with Crippen molar-refractivity contribution in [2.24, 2.45) is 0 Å². The molecule has 12 rings (SSSR count). The van der Waals surface area contributed by atoms with Crippen LogP contribution in [0.1, 0.15) is 0 Å². The van der Waals surface area contributed by atoms with E-state index >= 15 is 0 Å². The molecule has 0 saturated carbocycles. The molecule has 0 unspecified atom stereocenters. The molecular formula is C60H41N3. The van der Waals surface area contributed by atoms with Gasteiger partial charge < -0.3 is 14.4 Å². The Morgan fingerprint density at radius 3 is 1.62 bits per heavy atom. The summed E-state index contributed by atoms with van der Waals surface area (Å²) in [5.74, 6) is 0. The fraction of sp³-hybridized carbons (Fsp3) is 0. The standard InChI is InChI=1S/C60H41N3/c1-3-20-46(21-4-1)61(57-29-15-19-43-17-9-10-24-52(43)57)48-33-31-44(32-34-48)51-37-39-59(54-26-12-11-25-53(51)54)62(49-35-30-42-16-7-8-18-45(42)40-49)50-36-38-60-56(41-50)55-27-13-14-28-58(55)63(60)47-22-5-2-6-23-47/h1-41H. The average Bonchev–Trinajstić information content (AvgIpc) is 3.69. The Morgan fingerprint density at radius 2 is 0.810 bits per heavy atom. The fourth-order valence-electron chi connectivity index (χ4n) is 9.63. The van der Waals surface area contributed by atoms with E-state index in [0.29, 0.717) is 0 Å². The molecule has 3 heteroatoms. The van der Waals surface area contributed by atoms with Gasteiger partial charge in [-0.3, -0.25) is 0 Å². The molecule has 0 bridgehead atoms. The second-order valence-corrected chi connectivity index (χ2v) is 16.2. The highest BCUT2D eigenvalue weighted by molar-refractivity contribution is 6.12. The normalized spacial score (nSPS) is 11.5. The van der Waals surface area contributed by atoms with Crippen molar-refractivity contribution in [1.29, 1.82) is 0 Å². The van der Waals surface area contributed by atoms with Crippen molar-refractivity contribution in [1.82, 2.24) is 4.57 Å². The van der Waals surface area contributed by atoms with E-state index < -0.39 is 0 Å². The zero-order chi connectivity index (χ0) is 41.7. The number of nitrogens with zero attached hydrogens (tertiary/aromatic N) is 3. The van der Waals surface area contributed by atoms with Gasteiger partial charge in [-0.1, -0.05) is 164 Å². The maximum absolute atomic E-state index is 2.44. The molecule has 3 nitrogen and oxygen atoms in total. The Balaban J connectivity index is 1.01. The molecule has 0 saturated heterocycles. The topological polar surface area (TPSA) is 11.4 Å². The van der Waals surface area contributed by atoms with Crippen LogP contribution in [0, 0.1) is 0 Å². The largest absolute Gasteiger partial charge is 0.310 e. The van der Waals surface area contributed by atoms with Gasteiger partial charge in [-0.2, -0.15) is 0 Å². The molecule has 0 N–H and O–H groups in total. The van der Waals surface area contributed by atoms with Gasteiger partial charge in [0.2, 0.25) is 0 Å². The summed E-state index contributed by atoms with van der Waals surface area (Å²) in [7, 11) is 0. The molecule has 0 atom stereocenters. The molecule has 0 fully saturated rings. The van der Waals surface area contributed by atoms with Crippen LogP contribution in [0.25, 0.3) is 70.9 Å². The van der Waals surface area contributed by atoms with E-state index in [1.807, 2.05) is 0 Å². The number of benzene rings is 11. The second kappa shape index (κ2) is 15.3. The van der Waals surface area contributed by atoms with Crippen molar-refractivity contribution < 1.29 is 0 Å². The Bertz CT molecular complexity index is 3620. The number of anilines is 6. The lowest BCUT2D eigenvalue weighted by Crippen LogP contribution is -2.11. The third kappa shape index (κ3) is 6.29. The van der Waals surface area contributed by atoms with Crippen LogP contribution in [-0.4, -0.2) is 4.57 Å². The molecule has 1 heterocycles. The summed E-state index contributed by atoms with van der Waals surface area (Å²) in [5, 5.41) is 9.68. The van der Waals surface area contributed by atoms with Crippen LogP contribution in [0.2, 0.25) is 0 Å². The van der Waals surface area contributed by atoms with Crippen molar-refractivity contribution in [3.8, 4) is 16.8 Å². The van der Waals surface area contributed by atoms with Gasteiger partial charge in [0, 0.05) is 50.0 Å². The lowest BCUT2D eigenvalue weighted by molar-refractivity contribution is 1.18. The van der Waals surface area contributed by atoms with Crippen molar-refractivity contribution in [3.63, 3.8) is 0 Å². The van der Waals surface area contributed by atoms with Gasteiger partial charge in [-0.05, 0) is 118 Å². The lowest BCUT2D eigenvalue weighted by atomic mass is 9.95. The van der Waals surface area contributed by atoms with E-state index in [-0.39, 0.29) is 0 Å². The van der Waals surface area contributed by atoms with Crippen LogP contribution < -0.4 is 9.80 Å². The predicted molar refractivity (Wildman–Crippen MR) is 268 cm³/mol. The van der Waals surface area contributed by atoms with Gasteiger partial charge in [0.25, 0.3) is 0 Å². The summed E-state index contributed by atoms with van der Waals surface area (Å²) in [5.41, 5.74) is 12.6. The molecule has 12 aromatic rings. The number of aromatic nitrogens is 1. The zero-order valence-electron chi connectivity index (χ0n) is 34.5. The Morgan fingerprint density at radius 1 is 0.270 bits per heavy atom. The molecule has 296 valence electrons. The second-order valence-electron chi connectivity index (χ2n) is 16.2. The number of fused-ring (bicyclic) bond motifs is 6. The SMILES string of the molecule is c1ccc(N(c2ccc(-c3ccc(N(c4ccc5ccccc5c4)c4ccc5c(c4)c4ccccc4n5-c4ccccc4)c4ccccc34)cc2)c2cccc3ccccc23)cc1. The molecule has 0 radical (unpaired) electrons. The molecular weight excluding hydrogens is 763 g/mol. The van der Waals surface area contributed by atoms with Gasteiger partial charge in [-0.25, -0.2) is 0 Å². The third-order valence-electron chi connectivity index (χ3n) is 12.5. The maximum Gasteiger partial charge on any atom is 0.0542 e. The molecule has 0 spiro atoms. The van der Waals surface area contributed by atoms with E-state index in [1.165, 1.54) is 65.3 Å². The smallest absolute Gasteiger partial charge is 0.0542 e. The van der Waals surface area contributed by atoms with Crippen LogP contribution in [-0.2, 0) is 0 Å². The average molecular weight is 804 g/mol. The Hall–Kier alpha value is -8.40. The number of rotatable bonds is 8. The first-order chi connectivity index (χ1) is 31.3. The highest BCUT2D eigenvalue weighted by Gasteiger charge is 2.21. The minimum absolute atomic E-state index is 1.10. The van der Waals surface area contributed by atoms with Gasteiger partial charge >= 0.3 is 0 Å². The number of hydrogen-bond acceptors (Lipinski definition) is 2. The van der Waals surface area contributed by atoms with E-state index in [0.717, 1.165) is 39.8 Å². The molecule has 0 amide bonds. The van der Waals surface area contributed by atoms with Crippen LogP contribution >= 0.6 is 0 Å². The van der Waals surface area contributed by atoms with Gasteiger partial charge in [-0.15, -0.1) is 0 Å². The lowest BCUT2D eigenvalue weighted by Gasteiger charge is -2.28. The van der Waals surface area contributed by atoms with Crippen LogP contribution in [0.15, 0.2) is 249 Å². The van der Waals surface area contributed by atoms with Crippen molar-refractivity contribution in [2.45, 2.75) is 0 Å². The van der Waals surface area contributed by atoms with E-state index in [4.69, 9.17) is 0 Å². The third-order valence-corrected chi connectivity index (χ3v) is 12.5. The summed E-state index contributed by atoms with van der Waals surface area (Å²) >= 11 is 0. The molecule has 1 aromatic heterocycles. The summed E-state index contributed by atoms with van der Waals surface area (Å²) in [6.07, 6.45) is 0. The quantitative estimate of drug-likeness (QED) is 0.152. The monoisotopic (exact) mass is 803 g/mol. The number of para-hydroxylation sites is 3. The van der Waals surface area contributed by atoms with Crippen LogP contribution in [0.4, 0.5) is 34.1 Å². The van der Waals surface area contributed by atoms with Gasteiger partial charge in [0.1, 0.15) is 0 Å². The minimum atomic E-state index is 1.10. The van der Waals surface area contributed by atoms with Crippen LogP contribution in [0.5, 0.6) is 0 Å². The summed E-state index contributed by atoms with van der Waals surface area (Å²) in [6, 6.07) is 90.2. The van der Waals surface area contributed by atoms with Crippen molar-refractivity contribution >= 4 is 88.2 Å². The highest BCUT2D eigenvalue weighted by Crippen LogP contribution is 2.45. The minimum Gasteiger partial charge on any atom is -0.310 e. The van der Waals surface area contributed by atoms with Crippen molar-refractivity contribution in [3.05, 3.63) is 249 Å². The van der Waals surface area contributed by atoms with E-state index in [2.05, 4.69) is 263 Å². The first-order valence-electron chi connectivity index (χ1n) is 21.6. The summed E-state index contributed by atoms with van der Waals surface area (Å²) in [4.78, 5) is 4.81. The summed E-state index contributed by atoms with van der Waals surface area (Å²) in [6.45, 7) is 0. The van der Waals surface area contributed by atoms with Crippen LogP contribution in [0.3, 0.4) is 0 Å². The Labute approximate surface area is 366 Å². The van der Waals surface area contributed by atoms with Gasteiger partial charge in [0.15, 0.2) is 0 Å². The highest BCUT2D eigenvalue weighted by atomic mass is 15.1. The first-order valence-corrected chi connectivity index (χ1v) is 21.6. The number of hydrogen-bond donors (Lipinski definition) is 0. The van der Waals surface area contributed by atoms with Gasteiger partial charge in [0.05, 0.1) is 22.4 Å².